The van der Waals surface area contributed by atoms with Gasteiger partial charge in [0.05, 0.1) is 11.8 Å². The highest BCUT2D eigenvalue weighted by Gasteiger charge is 2.63. The van der Waals surface area contributed by atoms with E-state index >= 15 is 0 Å². The van der Waals surface area contributed by atoms with Crippen molar-refractivity contribution in [3.63, 3.8) is 0 Å². The second kappa shape index (κ2) is 6.48. The smallest absolute Gasteiger partial charge is 0.310 e. The van der Waals surface area contributed by atoms with Gasteiger partial charge in [0.1, 0.15) is 6.10 Å². The van der Waals surface area contributed by atoms with Crippen LogP contribution in [0, 0.1) is 23.7 Å². The number of hydrogen-bond donors (Lipinski definition) is 2. The monoisotopic (exact) mass is 376 g/mol. The van der Waals surface area contributed by atoms with Crippen LogP contribution in [0.2, 0.25) is 0 Å². The number of carbonyl (C=O) groups is 3. The summed E-state index contributed by atoms with van der Waals surface area (Å²) in [6, 6.07) is 16.0. The summed E-state index contributed by atoms with van der Waals surface area (Å²) in [6.07, 6.45) is 1.70. The number of benzene rings is 2. The summed E-state index contributed by atoms with van der Waals surface area (Å²) in [5, 5.41) is 5.77. The van der Waals surface area contributed by atoms with Gasteiger partial charge in [0.25, 0.3) is 5.91 Å². The third-order valence-electron chi connectivity index (χ3n) is 6.21. The topological polar surface area (TPSA) is 84.5 Å². The lowest BCUT2D eigenvalue weighted by Crippen LogP contribution is -2.35. The van der Waals surface area contributed by atoms with Crippen LogP contribution in [0.5, 0.6) is 0 Å². The van der Waals surface area contributed by atoms with E-state index in [0.29, 0.717) is 16.9 Å². The Hall–Kier alpha value is -3.15. The Bertz CT molecular complexity index is 956. The van der Waals surface area contributed by atoms with Crippen LogP contribution in [0.4, 0.5) is 11.4 Å². The Morgan fingerprint density at radius 3 is 2.46 bits per heavy atom. The molecule has 0 spiro atoms. The van der Waals surface area contributed by atoms with Gasteiger partial charge < -0.3 is 15.4 Å². The van der Waals surface area contributed by atoms with Crippen LogP contribution < -0.4 is 10.6 Å². The minimum Gasteiger partial charge on any atom is -0.462 e. The van der Waals surface area contributed by atoms with Crippen LogP contribution >= 0.6 is 0 Å². The predicted molar refractivity (Wildman–Crippen MR) is 103 cm³/mol. The first-order chi connectivity index (χ1) is 13.6. The molecule has 0 unspecified atom stereocenters. The summed E-state index contributed by atoms with van der Waals surface area (Å²) in [5.41, 5.74) is 1.76. The summed E-state index contributed by atoms with van der Waals surface area (Å²) in [5.74, 6) is -0.780. The minimum absolute atomic E-state index is 0.0167. The van der Waals surface area contributed by atoms with Gasteiger partial charge in [-0.3, -0.25) is 14.4 Å². The van der Waals surface area contributed by atoms with E-state index in [1.54, 1.807) is 48.5 Å². The highest BCUT2D eigenvalue weighted by atomic mass is 16.6. The molecule has 6 nitrogen and oxygen atoms in total. The molecule has 2 aromatic rings. The SMILES string of the molecule is O=C(Nc1cccc(NC(=O)[C@H]2[C@H]3C[C@@H]4[C@@H]2C(=O)O[C@@H]4C3)c1)c1ccccc1. The summed E-state index contributed by atoms with van der Waals surface area (Å²) < 4.78 is 5.41. The number of fused-ring (bicyclic) bond motifs is 1. The molecule has 3 fully saturated rings. The number of nitrogens with one attached hydrogen (secondary N) is 2. The van der Waals surface area contributed by atoms with Gasteiger partial charge in [0.15, 0.2) is 0 Å². The number of hydrogen-bond acceptors (Lipinski definition) is 4. The van der Waals surface area contributed by atoms with E-state index in [1.165, 1.54) is 0 Å². The lowest BCUT2D eigenvalue weighted by molar-refractivity contribution is -0.145. The fraction of sp³-hybridized carbons (Fsp3) is 0.318. The van der Waals surface area contributed by atoms with Gasteiger partial charge in [-0.2, -0.15) is 0 Å². The fourth-order valence-electron chi connectivity index (χ4n) is 5.06. The molecule has 0 aromatic heterocycles. The van der Waals surface area contributed by atoms with Crippen molar-refractivity contribution < 1.29 is 19.1 Å². The van der Waals surface area contributed by atoms with Crippen molar-refractivity contribution in [2.45, 2.75) is 18.9 Å². The maximum absolute atomic E-state index is 12.9. The average Bonchev–Trinajstić information content (AvgIpc) is 3.31. The predicted octanol–water partition coefficient (Wildman–Crippen LogP) is 3.08. The molecule has 2 aliphatic carbocycles. The first kappa shape index (κ1) is 17.0. The normalized spacial score (nSPS) is 29.4. The molecule has 0 radical (unpaired) electrons. The van der Waals surface area contributed by atoms with Crippen LogP contribution in [0.3, 0.4) is 0 Å². The van der Waals surface area contributed by atoms with Crippen molar-refractivity contribution in [2.75, 3.05) is 10.6 Å². The lowest BCUT2D eigenvalue weighted by atomic mass is 9.79. The maximum atomic E-state index is 12.9. The van der Waals surface area contributed by atoms with Crippen molar-refractivity contribution in [1.82, 2.24) is 0 Å². The molecule has 1 aliphatic heterocycles. The number of esters is 1. The van der Waals surface area contributed by atoms with Crippen LogP contribution in [0.1, 0.15) is 23.2 Å². The molecule has 2 aromatic carbocycles. The zero-order valence-electron chi connectivity index (χ0n) is 15.1. The summed E-state index contributed by atoms with van der Waals surface area (Å²) in [7, 11) is 0. The van der Waals surface area contributed by atoms with Gasteiger partial charge in [0.2, 0.25) is 5.91 Å². The van der Waals surface area contributed by atoms with Gasteiger partial charge in [0, 0.05) is 22.9 Å². The van der Waals surface area contributed by atoms with E-state index < -0.39 is 0 Å². The van der Waals surface area contributed by atoms with Crippen LogP contribution in [0.15, 0.2) is 54.6 Å². The minimum atomic E-state index is -0.321. The van der Waals surface area contributed by atoms with E-state index in [0.717, 1.165) is 12.8 Å². The van der Waals surface area contributed by atoms with E-state index in [4.69, 9.17) is 4.74 Å². The number of anilines is 2. The van der Waals surface area contributed by atoms with E-state index in [9.17, 15) is 14.4 Å². The molecule has 5 atom stereocenters. The Balaban J connectivity index is 1.29. The summed E-state index contributed by atoms with van der Waals surface area (Å²) >= 11 is 0. The van der Waals surface area contributed by atoms with Gasteiger partial charge in [-0.15, -0.1) is 0 Å². The molecule has 28 heavy (non-hydrogen) atoms. The summed E-state index contributed by atoms with van der Waals surface area (Å²) in [4.78, 5) is 37.3. The van der Waals surface area contributed by atoms with Gasteiger partial charge >= 0.3 is 5.97 Å². The molecule has 5 rings (SSSR count). The number of carbonyl (C=O) groups excluding carboxylic acids is 3. The molecule has 2 saturated carbocycles. The standard InChI is InChI=1S/C22H20N2O4/c25-20(12-5-2-1-3-6-12)23-14-7-4-8-15(11-14)24-21(26)18-13-9-16-17(10-13)28-22(27)19(16)18/h1-8,11,13,16-19H,9-10H2,(H,23,25)(H,24,26)/t13-,16-,17+,18-,19-/m0/s1. The van der Waals surface area contributed by atoms with Crippen LogP contribution in [-0.4, -0.2) is 23.9 Å². The van der Waals surface area contributed by atoms with Gasteiger partial charge in [-0.25, -0.2) is 0 Å². The van der Waals surface area contributed by atoms with Gasteiger partial charge in [-0.05, 0) is 49.1 Å². The van der Waals surface area contributed by atoms with Crippen molar-refractivity contribution in [3.05, 3.63) is 60.2 Å². The second-order valence-electron chi connectivity index (χ2n) is 7.81. The Kier molecular flexibility index (Phi) is 3.93. The number of ether oxygens (including phenoxy) is 1. The maximum Gasteiger partial charge on any atom is 0.310 e. The van der Waals surface area contributed by atoms with E-state index in [1.807, 2.05) is 6.07 Å². The van der Waals surface area contributed by atoms with Crippen molar-refractivity contribution in [3.8, 4) is 0 Å². The first-order valence-corrected chi connectivity index (χ1v) is 9.58. The molecule has 6 heteroatoms. The largest absolute Gasteiger partial charge is 0.462 e. The van der Waals surface area contributed by atoms with Crippen LogP contribution in [0.25, 0.3) is 0 Å². The quantitative estimate of drug-likeness (QED) is 0.803. The highest BCUT2D eigenvalue weighted by Crippen LogP contribution is 2.57. The molecule has 2 bridgehead atoms. The van der Waals surface area contributed by atoms with E-state index in [2.05, 4.69) is 10.6 Å². The number of amides is 2. The lowest BCUT2D eigenvalue weighted by Gasteiger charge is -2.23. The Morgan fingerprint density at radius 1 is 0.929 bits per heavy atom. The van der Waals surface area contributed by atoms with Crippen LogP contribution in [-0.2, 0) is 14.3 Å². The molecule has 142 valence electrons. The Morgan fingerprint density at radius 2 is 1.68 bits per heavy atom. The second-order valence-corrected chi connectivity index (χ2v) is 7.81. The average molecular weight is 376 g/mol. The van der Waals surface area contributed by atoms with Crippen molar-refractivity contribution >= 4 is 29.2 Å². The molecule has 1 heterocycles. The highest BCUT2D eigenvalue weighted by molar-refractivity contribution is 6.04. The Labute approximate surface area is 162 Å². The third-order valence-corrected chi connectivity index (χ3v) is 6.21. The van der Waals surface area contributed by atoms with E-state index in [-0.39, 0.29) is 47.6 Å². The fourth-order valence-corrected chi connectivity index (χ4v) is 5.06. The van der Waals surface area contributed by atoms with Crippen molar-refractivity contribution in [2.24, 2.45) is 23.7 Å². The molecule has 2 amide bonds. The molecule has 3 aliphatic rings. The molecule has 1 saturated heterocycles. The number of rotatable bonds is 4. The molecule has 2 N–H and O–H groups in total. The van der Waals surface area contributed by atoms with Crippen molar-refractivity contribution in [1.29, 1.82) is 0 Å². The third kappa shape index (κ3) is 2.76. The molecular weight excluding hydrogens is 356 g/mol. The molecular formula is C22H20N2O4. The van der Waals surface area contributed by atoms with Gasteiger partial charge in [-0.1, -0.05) is 24.3 Å². The first-order valence-electron chi connectivity index (χ1n) is 9.58. The summed E-state index contributed by atoms with van der Waals surface area (Å²) in [6.45, 7) is 0. The zero-order valence-corrected chi connectivity index (χ0v) is 15.1. The zero-order chi connectivity index (χ0) is 19.3.